The predicted molar refractivity (Wildman–Crippen MR) is 85.9 cm³/mol. The van der Waals surface area contributed by atoms with Gasteiger partial charge in [-0.15, -0.1) is 0 Å². The van der Waals surface area contributed by atoms with Crippen molar-refractivity contribution in [2.45, 2.75) is 70.4 Å². The zero-order valence-corrected chi connectivity index (χ0v) is 14.6. The maximum Gasteiger partial charge on any atom is 0.184 e. The molecule has 0 aliphatic carbocycles. The van der Waals surface area contributed by atoms with Crippen molar-refractivity contribution in [1.29, 1.82) is 0 Å². The Kier molecular flexibility index (Phi) is 4.75. The molecule has 0 fully saturated rings. The number of sulfone groups is 1. The monoisotopic (exact) mass is 296 g/mol. The van der Waals surface area contributed by atoms with Crippen LogP contribution in [0.3, 0.4) is 0 Å². The smallest absolute Gasteiger partial charge is 0.184 e. The molecule has 1 aromatic carbocycles. The summed E-state index contributed by atoms with van der Waals surface area (Å²) >= 11 is 0. The van der Waals surface area contributed by atoms with Crippen molar-refractivity contribution in [2.24, 2.45) is 5.41 Å². The average Bonchev–Trinajstić information content (AvgIpc) is 2.42. The molecular formula is C17H28O2S. The van der Waals surface area contributed by atoms with E-state index >= 15 is 0 Å². The van der Waals surface area contributed by atoms with Gasteiger partial charge in [-0.1, -0.05) is 52.8 Å². The molecule has 0 aromatic heterocycles. The van der Waals surface area contributed by atoms with Crippen molar-refractivity contribution in [3.8, 4) is 0 Å². The van der Waals surface area contributed by atoms with Crippen molar-refractivity contribution in [2.75, 3.05) is 0 Å². The molecule has 114 valence electrons. The maximum atomic E-state index is 12.9. The van der Waals surface area contributed by atoms with Gasteiger partial charge in [0.1, 0.15) is 0 Å². The standard InChI is InChI=1S/C15H22O2S.C2H6/c1-11-10-14(2,3)15(4,5)18(16,17)13-9-7-6-8-12(11)13;1-2/h6-9,11H,10H2,1-5H3;1-2H3. The lowest BCUT2D eigenvalue weighted by Gasteiger charge is -2.40. The molecule has 1 heterocycles. The molecule has 2 rings (SSSR count). The highest BCUT2D eigenvalue weighted by atomic mass is 32.2. The highest BCUT2D eigenvalue weighted by Crippen LogP contribution is 2.50. The summed E-state index contributed by atoms with van der Waals surface area (Å²) in [6.07, 6.45) is 0.885. The second kappa shape index (κ2) is 5.51. The summed E-state index contributed by atoms with van der Waals surface area (Å²) in [6.45, 7) is 14.0. The van der Waals surface area contributed by atoms with E-state index in [1.807, 2.05) is 45.9 Å². The molecule has 0 N–H and O–H groups in total. The zero-order chi connectivity index (χ0) is 15.8. The summed E-state index contributed by atoms with van der Waals surface area (Å²) in [5.74, 6) is 0.271. The molecule has 2 nitrogen and oxygen atoms in total. The van der Waals surface area contributed by atoms with Gasteiger partial charge in [-0.3, -0.25) is 0 Å². The van der Waals surface area contributed by atoms with E-state index in [-0.39, 0.29) is 11.3 Å². The molecular weight excluding hydrogens is 268 g/mol. The Morgan fingerprint density at radius 1 is 1.05 bits per heavy atom. The van der Waals surface area contributed by atoms with E-state index in [4.69, 9.17) is 0 Å². The lowest BCUT2D eigenvalue weighted by Crippen LogP contribution is -2.45. The molecule has 1 aliphatic heterocycles. The van der Waals surface area contributed by atoms with Gasteiger partial charge >= 0.3 is 0 Å². The maximum absolute atomic E-state index is 12.9. The molecule has 0 saturated carbocycles. The Morgan fingerprint density at radius 2 is 1.55 bits per heavy atom. The largest absolute Gasteiger partial charge is 0.223 e. The molecule has 1 atom stereocenters. The number of benzene rings is 1. The first kappa shape index (κ1) is 17.2. The summed E-state index contributed by atoms with van der Waals surface area (Å²) < 4.78 is 25.1. The van der Waals surface area contributed by atoms with Gasteiger partial charge in [-0.2, -0.15) is 0 Å². The summed E-state index contributed by atoms with van der Waals surface area (Å²) in [7, 11) is -3.30. The molecule has 1 unspecified atom stereocenters. The van der Waals surface area contributed by atoms with Gasteiger partial charge in [0.25, 0.3) is 0 Å². The van der Waals surface area contributed by atoms with Gasteiger partial charge in [-0.25, -0.2) is 8.42 Å². The van der Waals surface area contributed by atoms with Crippen LogP contribution in [0.1, 0.15) is 66.4 Å². The third kappa shape index (κ3) is 2.41. The second-order valence-electron chi connectivity index (χ2n) is 6.54. The number of hydrogen-bond acceptors (Lipinski definition) is 2. The van der Waals surface area contributed by atoms with Gasteiger partial charge in [0.15, 0.2) is 9.84 Å². The Hall–Kier alpha value is -0.830. The van der Waals surface area contributed by atoms with Crippen LogP contribution in [0.5, 0.6) is 0 Å². The highest BCUT2D eigenvalue weighted by molar-refractivity contribution is 7.93. The summed E-state index contributed by atoms with van der Waals surface area (Å²) in [5.41, 5.74) is 0.723. The predicted octanol–water partition coefficient (Wildman–Crippen LogP) is 4.80. The minimum atomic E-state index is -3.30. The molecule has 1 aromatic rings. The molecule has 1 aliphatic rings. The molecule has 20 heavy (non-hydrogen) atoms. The Bertz CT molecular complexity index is 568. The van der Waals surface area contributed by atoms with Gasteiger partial charge in [0.05, 0.1) is 9.64 Å². The lowest BCUT2D eigenvalue weighted by atomic mass is 9.73. The van der Waals surface area contributed by atoms with Gasteiger partial charge in [0.2, 0.25) is 0 Å². The van der Waals surface area contributed by atoms with Gasteiger partial charge in [0, 0.05) is 0 Å². The molecule has 0 amide bonds. The normalized spacial score (nSPS) is 25.6. The quantitative estimate of drug-likeness (QED) is 0.689. The second-order valence-corrected chi connectivity index (χ2v) is 9.01. The average molecular weight is 296 g/mol. The van der Waals surface area contributed by atoms with E-state index in [0.29, 0.717) is 4.90 Å². The van der Waals surface area contributed by atoms with E-state index in [0.717, 1.165) is 12.0 Å². The Balaban J connectivity index is 0.000000956. The minimum absolute atomic E-state index is 0.246. The van der Waals surface area contributed by atoms with Crippen LogP contribution in [-0.4, -0.2) is 13.2 Å². The fraction of sp³-hybridized carbons (Fsp3) is 0.647. The molecule has 3 heteroatoms. The van der Waals surface area contributed by atoms with Crippen LogP contribution >= 0.6 is 0 Å². The van der Waals surface area contributed by atoms with E-state index in [1.54, 1.807) is 6.07 Å². The zero-order valence-electron chi connectivity index (χ0n) is 13.8. The number of rotatable bonds is 0. The van der Waals surface area contributed by atoms with E-state index < -0.39 is 14.6 Å². The van der Waals surface area contributed by atoms with Crippen LogP contribution in [0, 0.1) is 5.41 Å². The van der Waals surface area contributed by atoms with Crippen LogP contribution in [0.2, 0.25) is 0 Å². The van der Waals surface area contributed by atoms with Crippen LogP contribution < -0.4 is 0 Å². The molecule has 0 radical (unpaired) electrons. The van der Waals surface area contributed by atoms with E-state index in [2.05, 4.69) is 20.8 Å². The highest BCUT2D eigenvalue weighted by Gasteiger charge is 2.51. The van der Waals surface area contributed by atoms with Gasteiger partial charge in [-0.05, 0) is 43.2 Å². The molecule has 0 spiro atoms. The number of hydrogen-bond donors (Lipinski definition) is 0. The van der Waals surface area contributed by atoms with Crippen molar-refractivity contribution in [3.63, 3.8) is 0 Å². The third-order valence-corrected chi connectivity index (χ3v) is 7.70. The lowest BCUT2D eigenvalue weighted by molar-refractivity contribution is 0.237. The van der Waals surface area contributed by atoms with Crippen molar-refractivity contribution in [1.82, 2.24) is 0 Å². The van der Waals surface area contributed by atoms with Gasteiger partial charge < -0.3 is 0 Å². The van der Waals surface area contributed by atoms with Crippen LogP contribution in [0.15, 0.2) is 29.2 Å². The first-order chi connectivity index (χ1) is 9.11. The summed E-state index contributed by atoms with van der Waals surface area (Å²) in [6, 6.07) is 7.45. The first-order valence-electron chi connectivity index (χ1n) is 7.45. The van der Waals surface area contributed by atoms with Crippen LogP contribution in [0.25, 0.3) is 0 Å². The topological polar surface area (TPSA) is 34.1 Å². The van der Waals surface area contributed by atoms with Crippen molar-refractivity contribution in [3.05, 3.63) is 29.8 Å². The molecule has 0 bridgehead atoms. The van der Waals surface area contributed by atoms with Crippen LogP contribution in [0.4, 0.5) is 0 Å². The Morgan fingerprint density at radius 3 is 2.10 bits per heavy atom. The summed E-state index contributed by atoms with van der Waals surface area (Å²) in [4.78, 5) is 0.521. The first-order valence-corrected chi connectivity index (χ1v) is 8.93. The third-order valence-electron chi connectivity index (χ3n) is 4.86. The Labute approximate surface area is 124 Å². The van der Waals surface area contributed by atoms with Crippen LogP contribution in [-0.2, 0) is 9.84 Å². The van der Waals surface area contributed by atoms with E-state index in [1.165, 1.54) is 0 Å². The SMILES string of the molecule is CC.CC1CC(C)(C)C(C)(C)S(=O)(=O)c2ccccc21. The summed E-state index contributed by atoms with van der Waals surface area (Å²) in [5, 5.41) is 0. The fourth-order valence-electron chi connectivity index (χ4n) is 2.89. The number of fused-ring (bicyclic) bond motifs is 1. The van der Waals surface area contributed by atoms with Crippen molar-refractivity contribution < 1.29 is 8.42 Å². The molecule has 0 saturated heterocycles. The van der Waals surface area contributed by atoms with Crippen molar-refractivity contribution >= 4 is 9.84 Å². The fourth-order valence-corrected chi connectivity index (χ4v) is 5.09. The minimum Gasteiger partial charge on any atom is -0.223 e. The van der Waals surface area contributed by atoms with E-state index in [9.17, 15) is 8.42 Å².